The molecule has 0 bridgehead atoms. The van der Waals surface area contributed by atoms with E-state index in [1.165, 1.54) is 62.5 Å². The molecule has 2 rings (SSSR count). The molecule has 0 spiro atoms. The van der Waals surface area contributed by atoms with Crippen molar-refractivity contribution < 1.29 is 0 Å². The van der Waals surface area contributed by atoms with Gasteiger partial charge in [-0.2, -0.15) is 0 Å². The summed E-state index contributed by atoms with van der Waals surface area (Å²) in [6.07, 6.45) is 11.2. The van der Waals surface area contributed by atoms with Crippen molar-refractivity contribution in [2.45, 2.75) is 76.0 Å². The van der Waals surface area contributed by atoms with Gasteiger partial charge in [0.25, 0.3) is 0 Å². The van der Waals surface area contributed by atoms with E-state index >= 15 is 0 Å². The fraction of sp³-hybridized carbons (Fsp3) is 0.684. The van der Waals surface area contributed by atoms with Crippen molar-refractivity contribution in [3.8, 4) is 0 Å². The minimum absolute atomic E-state index is 0.539. The van der Waals surface area contributed by atoms with E-state index in [0.29, 0.717) is 10.7 Å². The normalized spacial score (nSPS) is 20.4. The molecule has 0 saturated heterocycles. The fourth-order valence-electron chi connectivity index (χ4n) is 3.30. The molecule has 0 nitrogen and oxygen atoms in total. The summed E-state index contributed by atoms with van der Waals surface area (Å²) < 4.78 is 0. The Bertz CT molecular complexity index is 373. The van der Waals surface area contributed by atoms with E-state index < -0.39 is 0 Å². The maximum Gasteiger partial charge on any atom is 0.0397 e. The topological polar surface area (TPSA) is 0 Å². The number of rotatable bonds is 5. The van der Waals surface area contributed by atoms with Crippen molar-refractivity contribution in [2.24, 2.45) is 5.92 Å². The van der Waals surface area contributed by atoms with Gasteiger partial charge < -0.3 is 0 Å². The van der Waals surface area contributed by atoms with Gasteiger partial charge in [0.2, 0.25) is 0 Å². The Balaban J connectivity index is 1.92. The minimum Gasteiger partial charge on any atom is -0.0839 e. The maximum absolute atomic E-state index is 3.93. The molecule has 20 heavy (non-hydrogen) atoms. The SMILES string of the molecule is CCC(C)c1ccc(C(Br)CC2CCCCCC2)cc1. The smallest absolute Gasteiger partial charge is 0.0397 e. The molecule has 1 fully saturated rings. The monoisotopic (exact) mass is 336 g/mol. The summed E-state index contributed by atoms with van der Waals surface area (Å²) >= 11 is 3.93. The summed E-state index contributed by atoms with van der Waals surface area (Å²) in [6, 6.07) is 9.31. The first kappa shape index (κ1) is 16.1. The third kappa shape index (κ3) is 4.62. The Morgan fingerprint density at radius 2 is 1.55 bits per heavy atom. The lowest BCUT2D eigenvalue weighted by Crippen LogP contribution is -2.03. The summed E-state index contributed by atoms with van der Waals surface area (Å²) in [4.78, 5) is 0.539. The van der Waals surface area contributed by atoms with Crippen LogP contribution < -0.4 is 0 Å². The number of alkyl halides is 1. The van der Waals surface area contributed by atoms with Crippen molar-refractivity contribution in [3.05, 3.63) is 35.4 Å². The van der Waals surface area contributed by atoms with Crippen LogP contribution in [0.4, 0.5) is 0 Å². The van der Waals surface area contributed by atoms with Gasteiger partial charge in [-0.25, -0.2) is 0 Å². The predicted octanol–water partition coefficient (Wildman–Crippen LogP) is 7.00. The Morgan fingerprint density at radius 3 is 2.10 bits per heavy atom. The van der Waals surface area contributed by atoms with Crippen LogP contribution in [0.25, 0.3) is 0 Å². The molecule has 0 aliphatic heterocycles. The molecule has 1 heteroatoms. The lowest BCUT2D eigenvalue weighted by molar-refractivity contribution is 0.427. The van der Waals surface area contributed by atoms with Gasteiger partial charge in [-0.1, -0.05) is 92.6 Å². The Hall–Kier alpha value is -0.300. The zero-order valence-electron chi connectivity index (χ0n) is 13.1. The largest absolute Gasteiger partial charge is 0.0839 e. The lowest BCUT2D eigenvalue weighted by Gasteiger charge is -2.19. The van der Waals surface area contributed by atoms with E-state index in [-0.39, 0.29) is 0 Å². The van der Waals surface area contributed by atoms with Crippen molar-refractivity contribution in [1.82, 2.24) is 0 Å². The van der Waals surface area contributed by atoms with Crippen LogP contribution in [0.3, 0.4) is 0 Å². The summed E-state index contributed by atoms with van der Waals surface area (Å²) in [5.74, 6) is 1.61. The highest BCUT2D eigenvalue weighted by Gasteiger charge is 2.17. The van der Waals surface area contributed by atoms with Crippen molar-refractivity contribution >= 4 is 15.9 Å². The first-order valence-corrected chi connectivity index (χ1v) is 9.36. The van der Waals surface area contributed by atoms with E-state index in [1.807, 2.05) is 0 Å². The third-order valence-corrected chi connectivity index (χ3v) is 5.90. The highest BCUT2D eigenvalue weighted by atomic mass is 79.9. The van der Waals surface area contributed by atoms with Crippen molar-refractivity contribution in [1.29, 1.82) is 0 Å². The van der Waals surface area contributed by atoms with Gasteiger partial charge in [-0.05, 0) is 35.8 Å². The van der Waals surface area contributed by atoms with Gasteiger partial charge >= 0.3 is 0 Å². The van der Waals surface area contributed by atoms with E-state index in [0.717, 1.165) is 5.92 Å². The van der Waals surface area contributed by atoms with Crippen molar-refractivity contribution in [2.75, 3.05) is 0 Å². The zero-order valence-corrected chi connectivity index (χ0v) is 14.7. The first-order chi connectivity index (χ1) is 9.70. The molecule has 0 aromatic heterocycles. The van der Waals surface area contributed by atoms with Crippen molar-refractivity contribution in [3.63, 3.8) is 0 Å². The molecule has 1 saturated carbocycles. The first-order valence-electron chi connectivity index (χ1n) is 8.44. The quantitative estimate of drug-likeness (QED) is 0.401. The Morgan fingerprint density at radius 1 is 1.00 bits per heavy atom. The highest BCUT2D eigenvalue weighted by Crippen LogP contribution is 2.36. The molecule has 1 aromatic rings. The Kier molecular flexibility index (Phi) is 6.61. The molecule has 1 aromatic carbocycles. The Labute approximate surface area is 133 Å². The van der Waals surface area contributed by atoms with Gasteiger partial charge in [0, 0.05) is 4.83 Å². The summed E-state index contributed by atoms with van der Waals surface area (Å²) in [6.45, 7) is 4.57. The van der Waals surface area contributed by atoms with Gasteiger partial charge in [0.15, 0.2) is 0 Å². The minimum atomic E-state index is 0.539. The van der Waals surface area contributed by atoms with E-state index in [1.54, 1.807) is 0 Å². The van der Waals surface area contributed by atoms with E-state index in [4.69, 9.17) is 0 Å². The summed E-state index contributed by atoms with van der Waals surface area (Å²) in [7, 11) is 0. The fourth-order valence-corrected chi connectivity index (χ4v) is 4.13. The van der Waals surface area contributed by atoms with Crippen LogP contribution in [0, 0.1) is 5.92 Å². The van der Waals surface area contributed by atoms with Crippen LogP contribution in [0.2, 0.25) is 0 Å². The molecule has 0 amide bonds. The van der Waals surface area contributed by atoms with Crippen LogP contribution in [0.5, 0.6) is 0 Å². The molecular formula is C19H29Br. The second-order valence-electron chi connectivity index (χ2n) is 6.54. The van der Waals surface area contributed by atoms with E-state index in [9.17, 15) is 0 Å². The number of halogens is 1. The molecular weight excluding hydrogens is 308 g/mol. The van der Waals surface area contributed by atoms with Gasteiger partial charge in [0.05, 0.1) is 0 Å². The highest BCUT2D eigenvalue weighted by molar-refractivity contribution is 9.09. The summed E-state index contributed by atoms with van der Waals surface area (Å²) in [5.41, 5.74) is 2.94. The molecule has 1 aliphatic carbocycles. The molecule has 2 atom stereocenters. The maximum atomic E-state index is 3.93. The average Bonchev–Trinajstić information content (AvgIpc) is 2.75. The molecule has 1 aliphatic rings. The van der Waals surface area contributed by atoms with Crippen LogP contribution in [0.15, 0.2) is 24.3 Å². The van der Waals surface area contributed by atoms with Gasteiger partial charge in [-0.3, -0.25) is 0 Å². The molecule has 2 unspecified atom stereocenters. The number of benzene rings is 1. The number of hydrogen-bond acceptors (Lipinski definition) is 0. The second kappa shape index (κ2) is 8.22. The molecule has 0 heterocycles. The predicted molar refractivity (Wildman–Crippen MR) is 92.6 cm³/mol. The average molecular weight is 337 g/mol. The van der Waals surface area contributed by atoms with Gasteiger partial charge in [-0.15, -0.1) is 0 Å². The molecule has 0 radical (unpaired) electrons. The molecule has 112 valence electrons. The van der Waals surface area contributed by atoms with E-state index in [2.05, 4.69) is 54.0 Å². The third-order valence-electron chi connectivity index (χ3n) is 4.99. The standard InChI is InChI=1S/C19H29Br/c1-3-15(2)17-10-12-18(13-11-17)19(20)14-16-8-6-4-5-7-9-16/h10-13,15-16,19H,3-9,14H2,1-2H3. The lowest BCUT2D eigenvalue weighted by atomic mass is 9.91. The van der Waals surface area contributed by atoms with Crippen LogP contribution >= 0.6 is 15.9 Å². The van der Waals surface area contributed by atoms with Crippen LogP contribution in [0.1, 0.15) is 87.1 Å². The van der Waals surface area contributed by atoms with Crippen LogP contribution in [-0.4, -0.2) is 0 Å². The number of hydrogen-bond donors (Lipinski definition) is 0. The van der Waals surface area contributed by atoms with Crippen LogP contribution in [-0.2, 0) is 0 Å². The molecule has 0 N–H and O–H groups in total. The summed E-state index contributed by atoms with van der Waals surface area (Å²) in [5, 5.41) is 0. The second-order valence-corrected chi connectivity index (χ2v) is 7.64. The van der Waals surface area contributed by atoms with Gasteiger partial charge in [0.1, 0.15) is 0 Å². The zero-order chi connectivity index (χ0) is 14.4.